The molecule has 0 aliphatic carbocycles. The van der Waals surface area contributed by atoms with E-state index in [1.165, 1.54) is 0 Å². The number of hydrogen-bond donors (Lipinski definition) is 1. The number of benzene rings is 3. The highest BCUT2D eigenvalue weighted by Gasteiger charge is 2.35. The molecule has 1 aliphatic rings. The molecule has 0 spiro atoms. The van der Waals surface area contributed by atoms with Crippen LogP contribution in [0.15, 0.2) is 82.3 Å². The van der Waals surface area contributed by atoms with Gasteiger partial charge in [0.15, 0.2) is 0 Å². The van der Waals surface area contributed by atoms with E-state index in [-0.39, 0.29) is 5.91 Å². The number of nitrogens with one attached hydrogen (secondary N) is 1. The van der Waals surface area contributed by atoms with E-state index < -0.39 is 5.92 Å². The van der Waals surface area contributed by atoms with E-state index in [4.69, 9.17) is 10.3 Å². The van der Waals surface area contributed by atoms with Gasteiger partial charge in [-0.1, -0.05) is 52.3 Å². The number of aliphatic imine (C=N–C) groups is 1. The van der Waals surface area contributed by atoms with E-state index in [1.807, 2.05) is 60.7 Å². The molecule has 4 rings (SSSR count). The topological polar surface area (TPSA) is 65.2 Å². The Morgan fingerprint density at radius 3 is 2.48 bits per heavy atom. The van der Waals surface area contributed by atoms with Crippen LogP contribution in [0.5, 0.6) is 0 Å². The Morgan fingerprint density at radius 2 is 1.78 bits per heavy atom. The van der Waals surface area contributed by atoms with E-state index in [2.05, 4.69) is 27.3 Å². The van der Waals surface area contributed by atoms with Crippen molar-refractivity contribution in [1.82, 2.24) is 0 Å². The van der Waals surface area contributed by atoms with Gasteiger partial charge >= 0.3 is 0 Å². The Labute approximate surface area is 165 Å². The van der Waals surface area contributed by atoms with Crippen LogP contribution in [0.3, 0.4) is 0 Å². The Morgan fingerprint density at radius 1 is 1.04 bits per heavy atom. The van der Waals surface area contributed by atoms with Gasteiger partial charge in [0.05, 0.1) is 23.0 Å². The van der Waals surface area contributed by atoms with Crippen LogP contribution in [-0.4, -0.2) is 11.6 Å². The summed E-state index contributed by atoms with van der Waals surface area (Å²) in [4.78, 5) is 17.6. The zero-order chi connectivity index (χ0) is 18.8. The smallest absolute Gasteiger partial charge is 0.238 e. The Hall–Kier alpha value is -3.23. The summed E-state index contributed by atoms with van der Waals surface area (Å²) in [5.41, 5.74) is 4.35. The average molecular weight is 416 g/mol. The second-order valence-corrected chi connectivity index (χ2v) is 7.09. The van der Waals surface area contributed by atoms with Crippen molar-refractivity contribution in [2.45, 2.75) is 5.92 Å². The Balaban J connectivity index is 1.86. The largest absolute Gasteiger partial charge is 0.325 e. The Bertz CT molecular complexity index is 1080. The molecule has 0 aromatic heterocycles. The third kappa shape index (κ3) is 3.40. The average Bonchev–Trinajstić information content (AvgIpc) is 3.03. The Kier molecular flexibility index (Phi) is 4.57. The van der Waals surface area contributed by atoms with E-state index in [0.29, 0.717) is 17.0 Å². The van der Waals surface area contributed by atoms with Gasteiger partial charge in [-0.05, 0) is 47.5 Å². The third-order valence-corrected chi connectivity index (χ3v) is 4.96. The summed E-state index contributed by atoms with van der Waals surface area (Å²) in [6.45, 7) is 0. The molecule has 0 bridgehead atoms. The summed E-state index contributed by atoms with van der Waals surface area (Å²) >= 11 is 3.43. The van der Waals surface area contributed by atoms with Gasteiger partial charge in [0.25, 0.3) is 0 Å². The molecule has 3 aromatic carbocycles. The van der Waals surface area contributed by atoms with Crippen molar-refractivity contribution >= 4 is 38.9 Å². The first kappa shape index (κ1) is 17.2. The quantitative estimate of drug-likeness (QED) is 0.598. The zero-order valence-corrected chi connectivity index (χ0v) is 15.8. The molecule has 4 nitrogen and oxygen atoms in total. The highest BCUT2D eigenvalue weighted by atomic mass is 79.9. The molecule has 0 saturated carbocycles. The fraction of sp³-hybridized carbons (Fsp3) is 0.0455. The van der Waals surface area contributed by atoms with Crippen LogP contribution in [0.25, 0.3) is 0 Å². The monoisotopic (exact) mass is 415 g/mol. The maximum absolute atomic E-state index is 12.8. The van der Waals surface area contributed by atoms with Crippen LogP contribution in [-0.2, 0) is 4.79 Å². The molecule has 1 heterocycles. The van der Waals surface area contributed by atoms with Crippen LogP contribution in [0, 0.1) is 11.3 Å². The number of anilines is 1. The number of fused-ring (bicyclic) bond motifs is 1. The molecular formula is C22H14BrN3O. The van der Waals surface area contributed by atoms with E-state index in [1.54, 1.807) is 12.1 Å². The van der Waals surface area contributed by atoms with Crippen molar-refractivity contribution in [2.24, 2.45) is 4.99 Å². The van der Waals surface area contributed by atoms with Gasteiger partial charge in [-0.15, -0.1) is 0 Å². The molecule has 130 valence electrons. The molecule has 3 aromatic rings. The molecular weight excluding hydrogens is 402 g/mol. The number of carbonyl (C=O) groups is 1. The van der Waals surface area contributed by atoms with Gasteiger partial charge in [0.2, 0.25) is 5.91 Å². The number of nitriles is 1. The molecule has 1 atom stereocenters. The molecule has 0 fully saturated rings. The van der Waals surface area contributed by atoms with Gasteiger partial charge in [0, 0.05) is 10.2 Å². The SMILES string of the molecule is N#Cc1ccc2c(c1)NC(=O)C2C(=Nc1ccc(Br)cc1)c1ccccc1. The van der Waals surface area contributed by atoms with Crippen LogP contribution >= 0.6 is 15.9 Å². The lowest BCUT2D eigenvalue weighted by molar-refractivity contribution is -0.115. The molecule has 0 radical (unpaired) electrons. The first-order valence-electron chi connectivity index (χ1n) is 8.40. The summed E-state index contributed by atoms with van der Waals surface area (Å²) in [5, 5.41) is 12.0. The van der Waals surface area contributed by atoms with Gasteiger partial charge in [-0.3, -0.25) is 9.79 Å². The van der Waals surface area contributed by atoms with Crippen molar-refractivity contribution in [3.63, 3.8) is 0 Å². The summed E-state index contributed by atoms with van der Waals surface area (Å²) in [7, 11) is 0. The predicted octanol–water partition coefficient (Wildman–Crippen LogP) is 5.18. The van der Waals surface area contributed by atoms with Crippen LogP contribution < -0.4 is 5.32 Å². The molecule has 5 heteroatoms. The van der Waals surface area contributed by atoms with Crippen LogP contribution in [0.4, 0.5) is 11.4 Å². The van der Waals surface area contributed by atoms with Gasteiger partial charge in [0.1, 0.15) is 5.92 Å². The van der Waals surface area contributed by atoms with E-state index in [9.17, 15) is 4.79 Å². The predicted molar refractivity (Wildman–Crippen MR) is 109 cm³/mol. The van der Waals surface area contributed by atoms with Gasteiger partial charge in [-0.25, -0.2) is 0 Å². The summed E-state index contributed by atoms with van der Waals surface area (Å²) in [5.74, 6) is -0.668. The van der Waals surface area contributed by atoms with E-state index in [0.717, 1.165) is 21.3 Å². The number of rotatable bonds is 3. The highest BCUT2D eigenvalue weighted by molar-refractivity contribution is 9.10. The summed E-state index contributed by atoms with van der Waals surface area (Å²) in [6, 6.07) is 24.7. The lowest BCUT2D eigenvalue weighted by Gasteiger charge is -2.14. The molecule has 27 heavy (non-hydrogen) atoms. The number of carbonyl (C=O) groups excluding carboxylic acids is 1. The molecule has 0 saturated heterocycles. The summed E-state index contributed by atoms with van der Waals surface area (Å²) in [6.07, 6.45) is 0. The molecule has 1 amide bonds. The standard InChI is InChI=1S/C22H14BrN3O/c23-16-7-9-17(10-8-16)25-21(15-4-2-1-3-5-15)20-18-11-6-14(13-24)12-19(18)26-22(20)27/h1-12,20H,(H,26,27). The van der Waals surface area contributed by atoms with Gasteiger partial charge < -0.3 is 5.32 Å². The first-order chi connectivity index (χ1) is 13.2. The van der Waals surface area contributed by atoms with Gasteiger partial charge in [-0.2, -0.15) is 5.26 Å². The first-order valence-corrected chi connectivity index (χ1v) is 9.19. The second-order valence-electron chi connectivity index (χ2n) is 6.18. The summed E-state index contributed by atoms with van der Waals surface area (Å²) < 4.78 is 0.968. The molecule has 1 N–H and O–H groups in total. The lowest BCUT2D eigenvalue weighted by atomic mass is 9.90. The van der Waals surface area contributed by atoms with Crippen molar-refractivity contribution in [2.75, 3.05) is 5.32 Å². The fourth-order valence-corrected chi connectivity index (χ4v) is 3.43. The van der Waals surface area contributed by atoms with Crippen molar-refractivity contribution < 1.29 is 4.79 Å². The number of hydrogen-bond acceptors (Lipinski definition) is 3. The third-order valence-electron chi connectivity index (χ3n) is 4.43. The highest BCUT2D eigenvalue weighted by Crippen LogP contribution is 2.36. The normalized spacial score (nSPS) is 15.8. The maximum Gasteiger partial charge on any atom is 0.238 e. The van der Waals surface area contributed by atoms with Crippen LogP contribution in [0.2, 0.25) is 0 Å². The number of halogens is 1. The van der Waals surface area contributed by atoms with Crippen molar-refractivity contribution in [3.05, 3.63) is 94.0 Å². The van der Waals surface area contributed by atoms with E-state index >= 15 is 0 Å². The number of amides is 1. The van der Waals surface area contributed by atoms with Crippen molar-refractivity contribution in [1.29, 1.82) is 5.26 Å². The number of nitrogens with zero attached hydrogens (tertiary/aromatic N) is 2. The zero-order valence-electron chi connectivity index (χ0n) is 14.2. The minimum Gasteiger partial charge on any atom is -0.325 e. The maximum atomic E-state index is 12.8. The minimum absolute atomic E-state index is 0.139. The fourth-order valence-electron chi connectivity index (χ4n) is 3.16. The lowest BCUT2D eigenvalue weighted by Crippen LogP contribution is -2.21. The molecule has 1 unspecified atom stereocenters. The molecule has 1 aliphatic heterocycles. The second kappa shape index (κ2) is 7.18. The van der Waals surface area contributed by atoms with Crippen molar-refractivity contribution in [3.8, 4) is 6.07 Å². The minimum atomic E-state index is -0.529. The van der Waals surface area contributed by atoms with Crippen LogP contribution in [0.1, 0.15) is 22.6 Å².